The minimum absolute atomic E-state index is 0.0279. The van der Waals surface area contributed by atoms with Gasteiger partial charge in [-0.05, 0) is 39.2 Å². The van der Waals surface area contributed by atoms with E-state index in [1.165, 1.54) is 25.7 Å². The van der Waals surface area contributed by atoms with Crippen molar-refractivity contribution in [2.45, 2.75) is 50.7 Å². The van der Waals surface area contributed by atoms with Crippen LogP contribution < -0.4 is 10.6 Å². The summed E-state index contributed by atoms with van der Waals surface area (Å²) in [6.07, 6.45) is 6.71. The van der Waals surface area contributed by atoms with Gasteiger partial charge in [-0.15, -0.1) is 6.58 Å². The molecule has 0 aromatic carbocycles. The second kappa shape index (κ2) is 6.34. The summed E-state index contributed by atoms with van der Waals surface area (Å²) < 4.78 is 0. The normalized spacial score (nSPS) is 25.1. The summed E-state index contributed by atoms with van der Waals surface area (Å²) in [4.78, 5) is 14.4. The van der Waals surface area contributed by atoms with Crippen LogP contribution in [-0.2, 0) is 4.79 Å². The van der Waals surface area contributed by atoms with Crippen LogP contribution in [0.3, 0.4) is 0 Å². The van der Waals surface area contributed by atoms with Crippen LogP contribution in [0, 0.1) is 0 Å². The molecule has 2 aliphatic rings. The van der Waals surface area contributed by atoms with E-state index in [9.17, 15) is 4.79 Å². The van der Waals surface area contributed by atoms with Gasteiger partial charge in [0.2, 0.25) is 5.91 Å². The molecule has 18 heavy (non-hydrogen) atoms. The number of hydrogen-bond donors (Lipinski definition) is 2. The summed E-state index contributed by atoms with van der Waals surface area (Å²) in [5.74, 6) is 0.125. The highest BCUT2D eigenvalue weighted by atomic mass is 16.2. The number of amides is 1. The Balaban J connectivity index is 1.87. The SMILES string of the molecule is C=CCNC(=O)C(C)N(CC1CCCN1)C1CC1. The molecule has 1 aliphatic carbocycles. The molecule has 0 bridgehead atoms. The van der Waals surface area contributed by atoms with E-state index < -0.39 is 0 Å². The van der Waals surface area contributed by atoms with Gasteiger partial charge in [0, 0.05) is 25.2 Å². The number of hydrogen-bond acceptors (Lipinski definition) is 3. The third-order valence-electron chi connectivity index (χ3n) is 3.91. The Morgan fingerprint density at radius 3 is 2.89 bits per heavy atom. The van der Waals surface area contributed by atoms with Crippen LogP contribution in [0.4, 0.5) is 0 Å². The molecule has 2 atom stereocenters. The molecule has 1 saturated heterocycles. The first-order chi connectivity index (χ1) is 8.72. The van der Waals surface area contributed by atoms with Gasteiger partial charge in [0.05, 0.1) is 6.04 Å². The van der Waals surface area contributed by atoms with E-state index in [1.54, 1.807) is 6.08 Å². The number of carbonyl (C=O) groups excluding carboxylic acids is 1. The highest BCUT2D eigenvalue weighted by Gasteiger charge is 2.36. The molecule has 1 saturated carbocycles. The molecule has 1 heterocycles. The van der Waals surface area contributed by atoms with E-state index in [4.69, 9.17) is 0 Å². The van der Waals surface area contributed by atoms with Gasteiger partial charge in [-0.1, -0.05) is 6.08 Å². The smallest absolute Gasteiger partial charge is 0.237 e. The molecule has 0 spiro atoms. The van der Waals surface area contributed by atoms with Gasteiger partial charge in [0.1, 0.15) is 0 Å². The van der Waals surface area contributed by atoms with E-state index in [2.05, 4.69) is 22.1 Å². The monoisotopic (exact) mass is 251 g/mol. The summed E-state index contributed by atoms with van der Waals surface area (Å²) in [5.41, 5.74) is 0. The second-order valence-electron chi connectivity index (χ2n) is 5.43. The van der Waals surface area contributed by atoms with Gasteiger partial charge in [-0.3, -0.25) is 9.69 Å². The maximum absolute atomic E-state index is 12.0. The van der Waals surface area contributed by atoms with Crippen molar-refractivity contribution in [1.29, 1.82) is 0 Å². The Kier molecular flexibility index (Phi) is 4.78. The molecule has 4 heteroatoms. The topological polar surface area (TPSA) is 44.4 Å². The van der Waals surface area contributed by atoms with Gasteiger partial charge >= 0.3 is 0 Å². The molecule has 2 rings (SSSR count). The van der Waals surface area contributed by atoms with Gasteiger partial charge in [0.25, 0.3) is 0 Å². The predicted octanol–water partition coefficient (Wildman–Crippen LogP) is 0.893. The lowest BCUT2D eigenvalue weighted by Crippen LogP contribution is -2.50. The van der Waals surface area contributed by atoms with Crippen molar-refractivity contribution in [2.75, 3.05) is 19.6 Å². The lowest BCUT2D eigenvalue weighted by molar-refractivity contribution is -0.126. The molecule has 1 amide bonds. The number of rotatable bonds is 7. The highest BCUT2D eigenvalue weighted by Crippen LogP contribution is 2.29. The fourth-order valence-electron chi connectivity index (χ4n) is 2.67. The predicted molar refractivity (Wildman–Crippen MR) is 73.4 cm³/mol. The molecule has 4 nitrogen and oxygen atoms in total. The molecular weight excluding hydrogens is 226 g/mol. The number of carbonyl (C=O) groups is 1. The minimum atomic E-state index is -0.0279. The minimum Gasteiger partial charge on any atom is -0.351 e. The molecule has 1 aliphatic heterocycles. The van der Waals surface area contributed by atoms with E-state index in [1.807, 2.05) is 6.92 Å². The summed E-state index contributed by atoms with van der Waals surface area (Å²) >= 11 is 0. The molecular formula is C14H25N3O. The van der Waals surface area contributed by atoms with Crippen molar-refractivity contribution in [1.82, 2.24) is 15.5 Å². The quantitative estimate of drug-likeness (QED) is 0.661. The van der Waals surface area contributed by atoms with Crippen molar-refractivity contribution < 1.29 is 4.79 Å². The zero-order valence-electron chi connectivity index (χ0n) is 11.3. The summed E-state index contributed by atoms with van der Waals surface area (Å²) in [6.45, 7) is 8.34. The van der Waals surface area contributed by atoms with Gasteiger partial charge in [-0.25, -0.2) is 0 Å². The zero-order valence-corrected chi connectivity index (χ0v) is 11.3. The summed E-state index contributed by atoms with van der Waals surface area (Å²) in [6, 6.07) is 1.16. The maximum atomic E-state index is 12.0. The Morgan fingerprint density at radius 2 is 2.33 bits per heavy atom. The molecule has 0 radical (unpaired) electrons. The summed E-state index contributed by atoms with van der Waals surface area (Å²) in [5, 5.41) is 6.42. The largest absolute Gasteiger partial charge is 0.351 e. The Labute approximate surface area is 110 Å². The third-order valence-corrected chi connectivity index (χ3v) is 3.91. The first-order valence-electron chi connectivity index (χ1n) is 7.10. The molecule has 0 aromatic heterocycles. The zero-order chi connectivity index (χ0) is 13.0. The number of nitrogens with zero attached hydrogens (tertiary/aromatic N) is 1. The van der Waals surface area contributed by atoms with Crippen LogP contribution in [0.1, 0.15) is 32.6 Å². The average molecular weight is 251 g/mol. The van der Waals surface area contributed by atoms with Crippen LogP contribution in [0.15, 0.2) is 12.7 Å². The van der Waals surface area contributed by atoms with E-state index in [0.717, 1.165) is 13.1 Å². The van der Waals surface area contributed by atoms with Crippen LogP contribution in [0.25, 0.3) is 0 Å². The standard InChI is InChI=1S/C14H25N3O/c1-3-8-16-14(18)11(2)17(13-6-7-13)10-12-5-4-9-15-12/h3,11-13,15H,1,4-10H2,2H3,(H,16,18). The van der Waals surface area contributed by atoms with E-state index in [0.29, 0.717) is 18.6 Å². The second-order valence-corrected chi connectivity index (χ2v) is 5.43. The number of nitrogens with one attached hydrogen (secondary N) is 2. The molecule has 2 N–H and O–H groups in total. The van der Waals surface area contributed by atoms with Crippen LogP contribution in [-0.4, -0.2) is 48.6 Å². The van der Waals surface area contributed by atoms with E-state index in [-0.39, 0.29) is 11.9 Å². The van der Waals surface area contributed by atoms with Gasteiger partial charge in [-0.2, -0.15) is 0 Å². The third kappa shape index (κ3) is 3.56. The average Bonchev–Trinajstić information content (AvgIpc) is 3.09. The van der Waals surface area contributed by atoms with Crippen LogP contribution in [0.2, 0.25) is 0 Å². The fourth-order valence-corrected chi connectivity index (χ4v) is 2.67. The Hall–Kier alpha value is -0.870. The van der Waals surface area contributed by atoms with Gasteiger partial charge < -0.3 is 10.6 Å². The van der Waals surface area contributed by atoms with Crippen molar-refractivity contribution in [3.05, 3.63) is 12.7 Å². The van der Waals surface area contributed by atoms with E-state index >= 15 is 0 Å². The lowest BCUT2D eigenvalue weighted by Gasteiger charge is -2.30. The fraction of sp³-hybridized carbons (Fsp3) is 0.786. The van der Waals surface area contributed by atoms with Crippen molar-refractivity contribution >= 4 is 5.91 Å². The molecule has 2 fully saturated rings. The van der Waals surface area contributed by atoms with Crippen LogP contribution >= 0.6 is 0 Å². The highest BCUT2D eigenvalue weighted by molar-refractivity contribution is 5.81. The Bertz CT molecular complexity index is 295. The summed E-state index contributed by atoms with van der Waals surface area (Å²) in [7, 11) is 0. The van der Waals surface area contributed by atoms with Crippen molar-refractivity contribution in [3.63, 3.8) is 0 Å². The molecule has 102 valence electrons. The lowest BCUT2D eigenvalue weighted by atomic mass is 10.1. The maximum Gasteiger partial charge on any atom is 0.237 e. The van der Waals surface area contributed by atoms with Crippen molar-refractivity contribution in [3.8, 4) is 0 Å². The Morgan fingerprint density at radius 1 is 1.56 bits per heavy atom. The molecule has 2 unspecified atom stereocenters. The molecule has 0 aromatic rings. The first kappa shape index (κ1) is 13.6. The van der Waals surface area contributed by atoms with Crippen molar-refractivity contribution in [2.24, 2.45) is 0 Å². The first-order valence-corrected chi connectivity index (χ1v) is 7.10. The van der Waals surface area contributed by atoms with Gasteiger partial charge in [0.15, 0.2) is 0 Å². The van der Waals surface area contributed by atoms with Crippen LogP contribution in [0.5, 0.6) is 0 Å².